The average Bonchev–Trinajstić information content (AvgIpc) is 2.64. The number of aryl methyl sites for hydroxylation is 1. The number of rotatable bonds is 3. The van der Waals surface area contributed by atoms with E-state index in [0.717, 1.165) is 17.3 Å². The molecule has 0 aliphatic carbocycles. The molecule has 0 saturated carbocycles. The molecular weight excluding hydrogens is 202 g/mol. The van der Waals surface area contributed by atoms with Crippen LogP contribution in [0.25, 0.3) is 0 Å². The van der Waals surface area contributed by atoms with Crippen molar-refractivity contribution in [2.45, 2.75) is 6.54 Å². The number of hydrogen-bond donors (Lipinski definition) is 1. The summed E-state index contributed by atoms with van der Waals surface area (Å²) in [5.74, 6) is 1.84. The van der Waals surface area contributed by atoms with Crippen LogP contribution in [-0.2, 0) is 13.6 Å². The Kier molecular flexibility index (Phi) is 2.76. The fraction of sp³-hybridized carbons (Fsp3) is 0.273. The van der Waals surface area contributed by atoms with Gasteiger partial charge in [0, 0.05) is 44.4 Å². The van der Waals surface area contributed by atoms with Crippen molar-refractivity contribution in [2.24, 2.45) is 7.05 Å². The van der Waals surface area contributed by atoms with Gasteiger partial charge < -0.3 is 15.2 Å². The van der Waals surface area contributed by atoms with Crippen LogP contribution < -0.4 is 10.6 Å². The molecule has 0 aliphatic heterocycles. The summed E-state index contributed by atoms with van der Waals surface area (Å²) in [6.07, 6.45) is 5.42. The lowest BCUT2D eigenvalue weighted by Crippen LogP contribution is -2.20. The summed E-state index contributed by atoms with van der Waals surface area (Å²) in [6.45, 7) is 0.708. The van der Waals surface area contributed by atoms with Crippen LogP contribution in [0, 0.1) is 0 Å². The molecule has 2 aromatic heterocycles. The number of nitrogens with zero attached hydrogens (tertiary/aromatic N) is 4. The molecule has 0 aliphatic rings. The topological polar surface area (TPSA) is 60.0 Å². The van der Waals surface area contributed by atoms with Crippen molar-refractivity contribution in [3.8, 4) is 0 Å². The minimum Gasteiger partial charge on any atom is -0.399 e. The van der Waals surface area contributed by atoms with E-state index in [-0.39, 0.29) is 0 Å². The third-order valence-electron chi connectivity index (χ3n) is 2.46. The molecule has 0 bridgehead atoms. The van der Waals surface area contributed by atoms with Crippen molar-refractivity contribution in [3.05, 3.63) is 36.5 Å². The van der Waals surface area contributed by atoms with Gasteiger partial charge in [-0.3, -0.25) is 0 Å². The van der Waals surface area contributed by atoms with E-state index in [1.807, 2.05) is 35.8 Å². The highest BCUT2D eigenvalue weighted by atomic mass is 15.2. The minimum absolute atomic E-state index is 0.708. The van der Waals surface area contributed by atoms with Crippen molar-refractivity contribution < 1.29 is 0 Å². The lowest BCUT2D eigenvalue weighted by atomic mass is 10.4. The predicted molar refractivity (Wildman–Crippen MR) is 64.0 cm³/mol. The second-order valence-corrected chi connectivity index (χ2v) is 3.76. The Hall–Kier alpha value is -2.04. The Morgan fingerprint density at radius 1 is 1.38 bits per heavy atom. The van der Waals surface area contributed by atoms with Crippen LogP contribution in [0.15, 0.2) is 30.7 Å². The van der Waals surface area contributed by atoms with Crippen molar-refractivity contribution >= 4 is 11.5 Å². The zero-order valence-corrected chi connectivity index (χ0v) is 9.46. The van der Waals surface area contributed by atoms with E-state index in [1.54, 1.807) is 18.5 Å². The number of nitrogens with two attached hydrogens (primary N) is 1. The van der Waals surface area contributed by atoms with Crippen LogP contribution >= 0.6 is 0 Å². The van der Waals surface area contributed by atoms with Gasteiger partial charge in [-0.05, 0) is 6.07 Å². The maximum absolute atomic E-state index is 5.71. The fourth-order valence-corrected chi connectivity index (χ4v) is 1.48. The Morgan fingerprint density at radius 2 is 2.19 bits per heavy atom. The van der Waals surface area contributed by atoms with Crippen molar-refractivity contribution in [3.63, 3.8) is 0 Å². The van der Waals surface area contributed by atoms with Gasteiger partial charge >= 0.3 is 0 Å². The van der Waals surface area contributed by atoms with Crippen LogP contribution in [0.5, 0.6) is 0 Å². The van der Waals surface area contributed by atoms with E-state index in [2.05, 4.69) is 9.97 Å². The highest BCUT2D eigenvalue weighted by molar-refractivity contribution is 5.49. The molecule has 0 saturated heterocycles. The summed E-state index contributed by atoms with van der Waals surface area (Å²) < 4.78 is 1.99. The lowest BCUT2D eigenvalue weighted by Gasteiger charge is -2.17. The molecule has 0 amide bonds. The summed E-state index contributed by atoms with van der Waals surface area (Å²) in [6, 6.07) is 3.63. The van der Waals surface area contributed by atoms with Crippen molar-refractivity contribution in [1.82, 2.24) is 14.5 Å². The molecule has 0 fully saturated rings. The van der Waals surface area contributed by atoms with Crippen LogP contribution in [0.1, 0.15) is 5.82 Å². The normalized spacial score (nSPS) is 10.4. The largest absolute Gasteiger partial charge is 0.399 e. The molecule has 0 atom stereocenters. The summed E-state index contributed by atoms with van der Waals surface area (Å²) in [5.41, 5.74) is 6.43. The second-order valence-electron chi connectivity index (χ2n) is 3.76. The van der Waals surface area contributed by atoms with E-state index in [9.17, 15) is 0 Å². The maximum atomic E-state index is 5.71. The van der Waals surface area contributed by atoms with Gasteiger partial charge in [-0.15, -0.1) is 0 Å². The molecule has 0 aromatic carbocycles. The van der Waals surface area contributed by atoms with Gasteiger partial charge in [0.25, 0.3) is 0 Å². The van der Waals surface area contributed by atoms with Gasteiger partial charge in [0.15, 0.2) is 0 Å². The summed E-state index contributed by atoms with van der Waals surface area (Å²) in [7, 11) is 3.94. The summed E-state index contributed by atoms with van der Waals surface area (Å²) >= 11 is 0. The predicted octanol–water partition coefficient (Wildman–Crippen LogP) is 1.03. The van der Waals surface area contributed by atoms with E-state index >= 15 is 0 Å². The molecule has 5 nitrogen and oxygen atoms in total. The van der Waals surface area contributed by atoms with Gasteiger partial charge in [0.1, 0.15) is 11.6 Å². The second kappa shape index (κ2) is 4.22. The van der Waals surface area contributed by atoms with E-state index in [1.165, 1.54) is 0 Å². The summed E-state index contributed by atoms with van der Waals surface area (Å²) in [4.78, 5) is 10.5. The van der Waals surface area contributed by atoms with Gasteiger partial charge in [-0.1, -0.05) is 0 Å². The summed E-state index contributed by atoms with van der Waals surface area (Å²) in [5, 5.41) is 0. The van der Waals surface area contributed by atoms with Gasteiger partial charge in [-0.2, -0.15) is 0 Å². The van der Waals surface area contributed by atoms with Gasteiger partial charge in [-0.25, -0.2) is 9.97 Å². The quantitative estimate of drug-likeness (QED) is 0.834. The van der Waals surface area contributed by atoms with E-state index in [4.69, 9.17) is 5.73 Å². The molecule has 2 aromatic rings. The van der Waals surface area contributed by atoms with E-state index in [0.29, 0.717) is 6.54 Å². The molecule has 0 radical (unpaired) electrons. The Bertz CT molecular complexity index is 477. The maximum Gasteiger partial charge on any atom is 0.130 e. The number of pyridine rings is 1. The van der Waals surface area contributed by atoms with E-state index < -0.39 is 0 Å². The molecule has 0 unspecified atom stereocenters. The molecule has 16 heavy (non-hydrogen) atoms. The van der Waals surface area contributed by atoms with Crippen molar-refractivity contribution in [1.29, 1.82) is 0 Å². The third kappa shape index (κ3) is 2.13. The first kappa shape index (κ1) is 10.5. The zero-order chi connectivity index (χ0) is 11.5. The molecule has 2 N–H and O–H groups in total. The third-order valence-corrected chi connectivity index (χ3v) is 2.46. The molecule has 2 heterocycles. The van der Waals surface area contributed by atoms with Crippen LogP contribution in [0.2, 0.25) is 0 Å². The number of aromatic nitrogens is 3. The standard InChI is InChI=1S/C11H15N5/c1-15-6-5-14-11(15)8-16(2)10-7-9(12)3-4-13-10/h3-7H,8H2,1-2H3,(H2,12,13). The Morgan fingerprint density at radius 3 is 2.81 bits per heavy atom. The van der Waals surface area contributed by atoms with Crippen molar-refractivity contribution in [2.75, 3.05) is 17.7 Å². The first-order chi connectivity index (χ1) is 7.66. The average molecular weight is 217 g/mol. The zero-order valence-electron chi connectivity index (χ0n) is 9.46. The monoisotopic (exact) mass is 217 g/mol. The number of anilines is 2. The highest BCUT2D eigenvalue weighted by Gasteiger charge is 2.06. The minimum atomic E-state index is 0.708. The Labute approximate surface area is 94.5 Å². The van der Waals surface area contributed by atoms with Crippen LogP contribution in [0.4, 0.5) is 11.5 Å². The molecular formula is C11H15N5. The molecule has 5 heteroatoms. The number of nitrogen functional groups attached to an aromatic ring is 1. The first-order valence-electron chi connectivity index (χ1n) is 5.05. The number of hydrogen-bond acceptors (Lipinski definition) is 4. The molecule has 0 spiro atoms. The molecule has 2 rings (SSSR count). The highest BCUT2D eigenvalue weighted by Crippen LogP contribution is 2.14. The van der Waals surface area contributed by atoms with Crippen LogP contribution in [0.3, 0.4) is 0 Å². The Balaban J connectivity index is 2.14. The fourth-order valence-electron chi connectivity index (χ4n) is 1.48. The van der Waals surface area contributed by atoms with Crippen LogP contribution in [-0.4, -0.2) is 21.6 Å². The SMILES string of the molecule is CN(Cc1nccn1C)c1cc(N)ccn1. The smallest absolute Gasteiger partial charge is 0.130 e. The van der Waals surface area contributed by atoms with Gasteiger partial charge in [0.2, 0.25) is 0 Å². The number of imidazole rings is 1. The van der Waals surface area contributed by atoms with Gasteiger partial charge in [0.05, 0.1) is 6.54 Å². The lowest BCUT2D eigenvalue weighted by molar-refractivity contribution is 0.755. The first-order valence-corrected chi connectivity index (χ1v) is 5.05. The molecule has 84 valence electrons.